The van der Waals surface area contributed by atoms with Crippen molar-refractivity contribution in [3.63, 3.8) is 0 Å². The van der Waals surface area contributed by atoms with Crippen LogP contribution in [0.1, 0.15) is 73.9 Å². The van der Waals surface area contributed by atoms with Crippen molar-refractivity contribution in [2.24, 2.45) is 5.92 Å². The Labute approximate surface area is 235 Å². The lowest BCUT2D eigenvalue weighted by Gasteiger charge is -2.32. The first kappa shape index (κ1) is 28.0. The molecule has 3 unspecified atom stereocenters. The standard InChI is InChI=1S/C28H39N5O4S2/c29-28-31-22-14-13-21(17-25(22)38-28)30-26(34)24-12-7-15-33(24)27(35)23(16-19-8-3-1-4-9-19)32-39(36,37)18-20-10-5-2-6-11-20/h2,5-6,10-11,19,21,23-24,32H,1,3-4,7-9,12-18H2,(H2,29,31)(H,30,34). The predicted octanol–water partition coefficient (Wildman–Crippen LogP) is 3.15. The van der Waals surface area contributed by atoms with E-state index in [1.54, 1.807) is 29.2 Å². The van der Waals surface area contributed by atoms with Gasteiger partial charge in [-0.3, -0.25) is 9.59 Å². The second-order valence-electron chi connectivity index (χ2n) is 11.2. The Balaban J connectivity index is 1.27. The van der Waals surface area contributed by atoms with Crippen LogP contribution in [0.25, 0.3) is 0 Å². The van der Waals surface area contributed by atoms with E-state index in [2.05, 4.69) is 15.0 Å². The van der Waals surface area contributed by atoms with E-state index >= 15 is 0 Å². The Bertz CT molecular complexity index is 1260. The summed E-state index contributed by atoms with van der Waals surface area (Å²) < 4.78 is 29.1. The monoisotopic (exact) mass is 573 g/mol. The van der Waals surface area contributed by atoms with Gasteiger partial charge in [0.05, 0.1) is 11.4 Å². The number of anilines is 1. The number of nitrogens with one attached hydrogen (secondary N) is 2. The normalized spacial score (nSPS) is 22.8. The molecule has 1 aromatic heterocycles. The number of likely N-dealkylation sites (tertiary alicyclic amines) is 1. The van der Waals surface area contributed by atoms with Crippen molar-refractivity contribution in [2.75, 3.05) is 12.3 Å². The molecule has 1 aromatic carbocycles. The summed E-state index contributed by atoms with van der Waals surface area (Å²) in [5.41, 5.74) is 7.56. The molecule has 11 heteroatoms. The number of aromatic nitrogens is 1. The summed E-state index contributed by atoms with van der Waals surface area (Å²) >= 11 is 1.47. The van der Waals surface area contributed by atoms with Crippen LogP contribution < -0.4 is 15.8 Å². The minimum absolute atomic E-state index is 0.0233. The molecule has 4 N–H and O–H groups in total. The summed E-state index contributed by atoms with van der Waals surface area (Å²) in [7, 11) is -3.76. The van der Waals surface area contributed by atoms with Gasteiger partial charge in [-0.1, -0.05) is 62.4 Å². The molecule has 5 rings (SSSR count). The molecule has 2 aromatic rings. The average molecular weight is 574 g/mol. The first-order chi connectivity index (χ1) is 18.8. The van der Waals surface area contributed by atoms with Gasteiger partial charge in [0.2, 0.25) is 21.8 Å². The molecule has 2 amide bonds. The number of carbonyl (C=O) groups excluding carboxylic acids is 2. The highest BCUT2D eigenvalue weighted by Crippen LogP contribution is 2.30. The molecule has 1 aliphatic heterocycles. The van der Waals surface area contributed by atoms with Gasteiger partial charge in [-0.2, -0.15) is 0 Å². The number of carbonyl (C=O) groups is 2. The van der Waals surface area contributed by atoms with E-state index in [0.29, 0.717) is 42.4 Å². The van der Waals surface area contributed by atoms with Gasteiger partial charge in [-0.25, -0.2) is 18.1 Å². The molecule has 2 aliphatic carbocycles. The van der Waals surface area contributed by atoms with E-state index in [9.17, 15) is 18.0 Å². The van der Waals surface area contributed by atoms with E-state index in [1.165, 1.54) is 17.8 Å². The highest BCUT2D eigenvalue weighted by Gasteiger charge is 2.40. The largest absolute Gasteiger partial charge is 0.375 e. The topological polar surface area (TPSA) is 134 Å². The third-order valence-corrected chi connectivity index (χ3v) is 10.6. The fraction of sp³-hybridized carbons (Fsp3) is 0.607. The van der Waals surface area contributed by atoms with Crippen LogP contribution in [0.5, 0.6) is 0 Å². The number of benzene rings is 1. The highest BCUT2D eigenvalue weighted by molar-refractivity contribution is 7.88. The molecule has 39 heavy (non-hydrogen) atoms. The first-order valence-corrected chi connectivity index (χ1v) is 16.6. The first-order valence-electron chi connectivity index (χ1n) is 14.2. The highest BCUT2D eigenvalue weighted by atomic mass is 32.2. The van der Waals surface area contributed by atoms with Gasteiger partial charge in [0.1, 0.15) is 12.1 Å². The Kier molecular flexibility index (Phi) is 8.88. The Morgan fingerprint density at radius 3 is 2.62 bits per heavy atom. The maximum atomic E-state index is 13.9. The summed E-state index contributed by atoms with van der Waals surface area (Å²) in [5, 5.41) is 3.72. The van der Waals surface area contributed by atoms with Crippen LogP contribution in [0.15, 0.2) is 30.3 Å². The van der Waals surface area contributed by atoms with E-state index in [1.807, 2.05) is 6.07 Å². The maximum absolute atomic E-state index is 13.9. The summed E-state index contributed by atoms with van der Waals surface area (Å²) in [6.07, 6.45) is 9.40. The second-order valence-corrected chi connectivity index (χ2v) is 14.1. The zero-order valence-electron chi connectivity index (χ0n) is 22.3. The minimum atomic E-state index is -3.76. The molecular formula is C28H39N5O4S2. The van der Waals surface area contributed by atoms with Crippen molar-refractivity contribution in [1.29, 1.82) is 0 Å². The Morgan fingerprint density at radius 2 is 1.85 bits per heavy atom. The van der Waals surface area contributed by atoms with Crippen molar-refractivity contribution in [3.05, 3.63) is 46.5 Å². The zero-order valence-corrected chi connectivity index (χ0v) is 23.9. The van der Waals surface area contributed by atoms with Gasteiger partial charge < -0.3 is 16.0 Å². The van der Waals surface area contributed by atoms with Crippen LogP contribution in [-0.2, 0) is 38.2 Å². The van der Waals surface area contributed by atoms with Crippen LogP contribution in [-0.4, -0.2) is 54.8 Å². The van der Waals surface area contributed by atoms with Crippen LogP contribution in [0.4, 0.5) is 5.13 Å². The van der Waals surface area contributed by atoms with E-state index in [4.69, 9.17) is 5.73 Å². The van der Waals surface area contributed by atoms with Gasteiger partial charge in [-0.05, 0) is 43.6 Å². The van der Waals surface area contributed by atoms with Gasteiger partial charge in [-0.15, -0.1) is 11.3 Å². The molecule has 212 valence electrons. The average Bonchev–Trinajstić information content (AvgIpc) is 3.54. The van der Waals surface area contributed by atoms with Crippen LogP contribution in [0.3, 0.4) is 0 Å². The number of nitrogen functional groups attached to an aromatic ring is 1. The maximum Gasteiger partial charge on any atom is 0.243 e. The summed E-state index contributed by atoms with van der Waals surface area (Å²) in [6, 6.07) is 7.52. The molecule has 9 nitrogen and oxygen atoms in total. The number of rotatable bonds is 9. The molecular weight excluding hydrogens is 534 g/mol. The van der Waals surface area contributed by atoms with Gasteiger partial charge in [0.15, 0.2) is 5.13 Å². The number of thiazole rings is 1. The molecule has 0 spiro atoms. The number of nitrogens with zero attached hydrogens (tertiary/aromatic N) is 2. The minimum Gasteiger partial charge on any atom is -0.375 e. The number of nitrogens with two attached hydrogens (primary N) is 1. The van der Waals surface area contributed by atoms with Gasteiger partial charge in [0, 0.05) is 23.9 Å². The number of fused-ring (bicyclic) bond motifs is 1. The molecule has 1 saturated carbocycles. The lowest BCUT2D eigenvalue weighted by Crippen LogP contribution is -2.55. The third-order valence-electron chi connectivity index (χ3n) is 8.25. The summed E-state index contributed by atoms with van der Waals surface area (Å²) in [4.78, 5) is 34.4. The van der Waals surface area contributed by atoms with Crippen molar-refractivity contribution in [1.82, 2.24) is 19.9 Å². The molecule has 3 atom stereocenters. The number of amides is 2. The smallest absolute Gasteiger partial charge is 0.243 e. The molecule has 3 aliphatic rings. The number of hydrogen-bond acceptors (Lipinski definition) is 7. The molecule has 2 heterocycles. The number of sulfonamides is 1. The van der Waals surface area contributed by atoms with Gasteiger partial charge in [0.25, 0.3) is 0 Å². The van der Waals surface area contributed by atoms with Crippen molar-refractivity contribution >= 4 is 38.3 Å². The van der Waals surface area contributed by atoms with Crippen LogP contribution in [0, 0.1) is 5.92 Å². The molecule has 0 radical (unpaired) electrons. The molecule has 2 fully saturated rings. The van der Waals surface area contributed by atoms with Gasteiger partial charge >= 0.3 is 0 Å². The lowest BCUT2D eigenvalue weighted by molar-refractivity contribution is -0.140. The molecule has 1 saturated heterocycles. The van der Waals surface area contributed by atoms with E-state index in [0.717, 1.165) is 55.5 Å². The Morgan fingerprint density at radius 1 is 1.08 bits per heavy atom. The summed E-state index contributed by atoms with van der Waals surface area (Å²) in [5.74, 6) is -0.325. The number of aryl methyl sites for hydroxylation is 1. The number of hydrogen-bond donors (Lipinski definition) is 3. The van der Waals surface area contributed by atoms with Crippen molar-refractivity contribution < 1.29 is 18.0 Å². The third kappa shape index (κ3) is 7.18. The SMILES string of the molecule is Nc1nc2c(s1)CC(NC(=O)C1CCCN1C(=O)C(CC1CCCCC1)NS(=O)(=O)Cc1ccccc1)CC2. The van der Waals surface area contributed by atoms with Crippen molar-refractivity contribution in [3.8, 4) is 0 Å². The summed E-state index contributed by atoms with van der Waals surface area (Å²) in [6.45, 7) is 0.457. The zero-order chi connectivity index (χ0) is 27.4. The quantitative estimate of drug-likeness (QED) is 0.422. The van der Waals surface area contributed by atoms with E-state index < -0.39 is 22.1 Å². The van der Waals surface area contributed by atoms with Crippen LogP contribution >= 0.6 is 11.3 Å². The predicted molar refractivity (Wildman–Crippen MR) is 152 cm³/mol. The molecule has 0 bridgehead atoms. The fourth-order valence-corrected chi connectivity index (χ4v) is 8.63. The lowest BCUT2D eigenvalue weighted by atomic mass is 9.84. The second kappa shape index (κ2) is 12.3. The van der Waals surface area contributed by atoms with E-state index in [-0.39, 0.29) is 23.6 Å². The van der Waals surface area contributed by atoms with Crippen molar-refractivity contribution in [2.45, 2.75) is 94.5 Å². The fourth-order valence-electron chi connectivity index (χ4n) is 6.33. The van der Waals surface area contributed by atoms with Crippen LogP contribution in [0.2, 0.25) is 0 Å². The Hall–Kier alpha value is -2.50.